The van der Waals surface area contributed by atoms with Gasteiger partial charge in [-0.3, -0.25) is 9.59 Å². The minimum Gasteiger partial charge on any atom is -0.497 e. The summed E-state index contributed by atoms with van der Waals surface area (Å²) in [7, 11) is 1.60. The van der Waals surface area contributed by atoms with Crippen molar-refractivity contribution in [1.29, 1.82) is 0 Å². The van der Waals surface area contributed by atoms with E-state index in [0.717, 1.165) is 21.9 Å². The van der Waals surface area contributed by atoms with Gasteiger partial charge in [-0.15, -0.1) is 11.8 Å². The molecular weight excluding hydrogens is 396 g/mol. The van der Waals surface area contributed by atoms with Crippen LogP contribution in [0.5, 0.6) is 5.75 Å². The van der Waals surface area contributed by atoms with Crippen molar-refractivity contribution in [3.63, 3.8) is 0 Å². The Balaban J connectivity index is 1.55. The van der Waals surface area contributed by atoms with Crippen molar-refractivity contribution in [2.75, 3.05) is 17.7 Å². The number of anilines is 2. The van der Waals surface area contributed by atoms with Crippen molar-refractivity contribution < 1.29 is 14.3 Å². The third kappa shape index (κ3) is 5.87. The Morgan fingerprint density at radius 3 is 2.17 bits per heavy atom. The predicted molar refractivity (Wildman–Crippen MR) is 123 cm³/mol. The fourth-order valence-electron chi connectivity index (χ4n) is 2.78. The molecule has 5 nitrogen and oxygen atoms in total. The lowest BCUT2D eigenvalue weighted by atomic mass is 10.1. The van der Waals surface area contributed by atoms with Crippen LogP contribution in [0.15, 0.2) is 77.7 Å². The highest BCUT2D eigenvalue weighted by molar-refractivity contribution is 8.00. The molecule has 0 aliphatic rings. The average molecular weight is 421 g/mol. The summed E-state index contributed by atoms with van der Waals surface area (Å²) in [6, 6.07) is 22.1. The van der Waals surface area contributed by atoms with Gasteiger partial charge in [0.2, 0.25) is 5.91 Å². The molecule has 3 aromatic rings. The van der Waals surface area contributed by atoms with Gasteiger partial charge in [0.15, 0.2) is 0 Å². The first kappa shape index (κ1) is 21.5. The molecule has 0 saturated heterocycles. The zero-order chi connectivity index (χ0) is 21.5. The average Bonchev–Trinajstić information content (AvgIpc) is 2.75. The summed E-state index contributed by atoms with van der Waals surface area (Å²) in [6.45, 7) is 3.81. The third-order valence-corrected chi connectivity index (χ3v) is 5.54. The summed E-state index contributed by atoms with van der Waals surface area (Å²) in [5, 5.41) is 5.52. The number of methoxy groups -OCH3 is 1. The van der Waals surface area contributed by atoms with Crippen LogP contribution in [0.2, 0.25) is 0 Å². The maximum atomic E-state index is 12.4. The summed E-state index contributed by atoms with van der Waals surface area (Å²) >= 11 is 1.46. The van der Waals surface area contributed by atoms with Crippen molar-refractivity contribution in [3.8, 4) is 5.75 Å². The number of hydrogen-bond acceptors (Lipinski definition) is 4. The fourth-order valence-corrected chi connectivity index (χ4v) is 3.65. The highest BCUT2D eigenvalue weighted by atomic mass is 32.2. The topological polar surface area (TPSA) is 67.4 Å². The molecule has 3 rings (SSSR count). The monoisotopic (exact) mass is 420 g/mol. The molecule has 0 aliphatic heterocycles. The van der Waals surface area contributed by atoms with Crippen molar-refractivity contribution in [1.82, 2.24) is 0 Å². The van der Waals surface area contributed by atoms with Crippen LogP contribution in [0, 0.1) is 6.92 Å². The molecule has 30 heavy (non-hydrogen) atoms. The molecule has 0 aromatic heterocycles. The van der Waals surface area contributed by atoms with Crippen molar-refractivity contribution >= 4 is 35.0 Å². The van der Waals surface area contributed by atoms with Gasteiger partial charge < -0.3 is 15.4 Å². The second-order valence-corrected chi connectivity index (χ2v) is 8.24. The number of benzene rings is 3. The van der Waals surface area contributed by atoms with E-state index in [0.29, 0.717) is 11.3 Å². The fraction of sp³-hybridized carbons (Fsp3) is 0.167. The third-order valence-electron chi connectivity index (χ3n) is 4.43. The van der Waals surface area contributed by atoms with Gasteiger partial charge in [-0.1, -0.05) is 17.7 Å². The maximum Gasteiger partial charge on any atom is 0.255 e. The summed E-state index contributed by atoms with van der Waals surface area (Å²) in [5.74, 6) is 0.512. The molecule has 2 amide bonds. The zero-order valence-corrected chi connectivity index (χ0v) is 18.0. The normalized spacial score (nSPS) is 11.4. The largest absolute Gasteiger partial charge is 0.497 e. The maximum absolute atomic E-state index is 12.4. The van der Waals surface area contributed by atoms with Gasteiger partial charge in [-0.2, -0.15) is 0 Å². The van der Waals surface area contributed by atoms with E-state index in [1.54, 1.807) is 37.4 Å². The molecule has 0 bridgehead atoms. The lowest BCUT2D eigenvalue weighted by Gasteiger charge is -2.13. The first-order valence-electron chi connectivity index (χ1n) is 9.54. The standard InChI is InChI=1S/C24H24N2O3S/c1-16-5-4-6-18(15-16)24(28)26-20-9-13-22(14-10-20)30-17(2)23(27)25-19-7-11-21(29-3)12-8-19/h4-15,17H,1-3H3,(H,25,27)(H,26,28). The SMILES string of the molecule is COc1ccc(NC(=O)C(C)Sc2ccc(NC(=O)c3cccc(C)c3)cc2)cc1. The molecule has 6 heteroatoms. The Morgan fingerprint density at radius 2 is 1.53 bits per heavy atom. The second kappa shape index (κ2) is 9.98. The van der Waals surface area contributed by atoms with E-state index in [-0.39, 0.29) is 17.1 Å². The van der Waals surface area contributed by atoms with Crippen LogP contribution in [0.4, 0.5) is 11.4 Å². The summed E-state index contributed by atoms with van der Waals surface area (Å²) in [5.41, 5.74) is 3.09. The van der Waals surface area contributed by atoms with Crippen LogP contribution in [0.1, 0.15) is 22.8 Å². The highest BCUT2D eigenvalue weighted by Gasteiger charge is 2.15. The van der Waals surface area contributed by atoms with Crippen molar-refractivity contribution in [2.45, 2.75) is 24.0 Å². The molecule has 0 fully saturated rings. The molecule has 0 spiro atoms. The minimum absolute atomic E-state index is 0.0815. The summed E-state index contributed by atoms with van der Waals surface area (Å²) in [4.78, 5) is 25.7. The van der Waals surface area contributed by atoms with E-state index in [1.165, 1.54) is 11.8 Å². The number of rotatable bonds is 7. The van der Waals surface area contributed by atoms with Gasteiger partial charge in [0.05, 0.1) is 12.4 Å². The van der Waals surface area contributed by atoms with Gasteiger partial charge in [-0.05, 0) is 74.5 Å². The Labute approximate surface area is 180 Å². The number of amides is 2. The number of nitrogens with one attached hydrogen (secondary N) is 2. The Bertz CT molecular complexity index is 1020. The highest BCUT2D eigenvalue weighted by Crippen LogP contribution is 2.26. The Hall–Kier alpha value is -3.25. The van der Waals surface area contributed by atoms with Crippen molar-refractivity contribution in [3.05, 3.63) is 83.9 Å². The molecular formula is C24H24N2O3S. The van der Waals surface area contributed by atoms with E-state index in [4.69, 9.17) is 4.74 Å². The van der Waals surface area contributed by atoms with Gasteiger partial charge in [0, 0.05) is 21.8 Å². The van der Waals surface area contributed by atoms with Gasteiger partial charge >= 0.3 is 0 Å². The molecule has 0 radical (unpaired) electrons. The molecule has 1 unspecified atom stereocenters. The first-order valence-corrected chi connectivity index (χ1v) is 10.4. The Kier molecular flexibility index (Phi) is 7.14. The van der Waals surface area contributed by atoms with Crippen LogP contribution in [-0.2, 0) is 4.79 Å². The predicted octanol–water partition coefficient (Wildman–Crippen LogP) is 5.38. The smallest absolute Gasteiger partial charge is 0.255 e. The number of hydrogen-bond donors (Lipinski definition) is 2. The van der Waals surface area contributed by atoms with E-state index in [1.807, 2.05) is 56.3 Å². The Morgan fingerprint density at radius 1 is 0.900 bits per heavy atom. The molecule has 0 heterocycles. The van der Waals surface area contributed by atoms with Crippen LogP contribution < -0.4 is 15.4 Å². The molecule has 3 aromatic carbocycles. The zero-order valence-electron chi connectivity index (χ0n) is 17.1. The second-order valence-electron chi connectivity index (χ2n) is 6.83. The molecule has 154 valence electrons. The van der Waals surface area contributed by atoms with Gasteiger partial charge in [0.25, 0.3) is 5.91 Å². The number of carbonyl (C=O) groups is 2. The minimum atomic E-state index is -0.278. The number of thioether (sulfide) groups is 1. The van der Waals surface area contributed by atoms with E-state index in [2.05, 4.69) is 10.6 Å². The lowest BCUT2D eigenvalue weighted by molar-refractivity contribution is -0.115. The van der Waals surface area contributed by atoms with Gasteiger partial charge in [0.1, 0.15) is 5.75 Å². The van der Waals surface area contributed by atoms with Gasteiger partial charge in [-0.25, -0.2) is 0 Å². The van der Waals surface area contributed by atoms with Crippen LogP contribution in [0.25, 0.3) is 0 Å². The number of carbonyl (C=O) groups excluding carboxylic acids is 2. The van der Waals surface area contributed by atoms with Crippen LogP contribution in [0.3, 0.4) is 0 Å². The van der Waals surface area contributed by atoms with E-state index in [9.17, 15) is 9.59 Å². The molecule has 0 saturated carbocycles. The van der Waals surface area contributed by atoms with Crippen LogP contribution in [-0.4, -0.2) is 24.2 Å². The van der Waals surface area contributed by atoms with E-state index >= 15 is 0 Å². The van der Waals surface area contributed by atoms with E-state index < -0.39 is 0 Å². The van der Waals surface area contributed by atoms with Crippen LogP contribution >= 0.6 is 11.8 Å². The summed E-state index contributed by atoms with van der Waals surface area (Å²) in [6.07, 6.45) is 0. The molecule has 1 atom stereocenters. The lowest BCUT2D eigenvalue weighted by Crippen LogP contribution is -2.22. The first-order chi connectivity index (χ1) is 14.4. The summed E-state index contributed by atoms with van der Waals surface area (Å²) < 4.78 is 5.12. The number of aryl methyl sites for hydroxylation is 1. The van der Waals surface area contributed by atoms with Crippen molar-refractivity contribution in [2.24, 2.45) is 0 Å². The number of ether oxygens (including phenoxy) is 1. The quantitative estimate of drug-likeness (QED) is 0.504. The molecule has 0 aliphatic carbocycles. The molecule has 2 N–H and O–H groups in total.